The summed E-state index contributed by atoms with van der Waals surface area (Å²) in [6, 6.07) is 0. The van der Waals surface area contributed by atoms with Crippen molar-refractivity contribution in [2.75, 3.05) is 0 Å². The molecule has 13 heavy (non-hydrogen) atoms. The second kappa shape index (κ2) is 4.39. The van der Waals surface area contributed by atoms with Crippen molar-refractivity contribution in [1.82, 2.24) is 4.98 Å². The summed E-state index contributed by atoms with van der Waals surface area (Å²) in [5.74, 6) is -1.11. The number of carbonyl (C=O) groups excluding carboxylic acids is 1. The number of aliphatic carboxylic acids is 1. The van der Waals surface area contributed by atoms with Crippen molar-refractivity contribution in [3.63, 3.8) is 0 Å². The van der Waals surface area contributed by atoms with Gasteiger partial charge < -0.3 is 9.52 Å². The molecule has 1 aromatic heterocycles. The normalized spacial score (nSPS) is 9.85. The van der Waals surface area contributed by atoms with Crippen LogP contribution < -0.4 is 0 Å². The molecule has 0 spiro atoms. The van der Waals surface area contributed by atoms with Crippen molar-refractivity contribution < 1.29 is 19.1 Å². The summed E-state index contributed by atoms with van der Waals surface area (Å²) in [6.45, 7) is 0. The van der Waals surface area contributed by atoms with E-state index in [-0.39, 0.29) is 25.0 Å². The van der Waals surface area contributed by atoms with Crippen LogP contribution in [-0.4, -0.2) is 21.8 Å². The van der Waals surface area contributed by atoms with E-state index in [9.17, 15) is 9.59 Å². The zero-order valence-electron chi connectivity index (χ0n) is 6.90. The average molecular weight is 183 g/mol. The van der Waals surface area contributed by atoms with E-state index in [1.165, 1.54) is 12.7 Å². The van der Waals surface area contributed by atoms with E-state index in [2.05, 4.69) is 9.40 Å². The first-order chi connectivity index (χ1) is 6.18. The number of hydrogen-bond acceptors (Lipinski definition) is 4. The Morgan fingerprint density at radius 3 is 2.77 bits per heavy atom. The molecule has 1 aromatic rings. The third-order valence-electron chi connectivity index (χ3n) is 1.48. The molecule has 0 atom stereocenters. The van der Waals surface area contributed by atoms with Gasteiger partial charge in [0.2, 0.25) is 0 Å². The van der Waals surface area contributed by atoms with Gasteiger partial charge in [-0.15, -0.1) is 0 Å². The van der Waals surface area contributed by atoms with Crippen molar-refractivity contribution in [2.45, 2.75) is 19.3 Å². The van der Waals surface area contributed by atoms with Gasteiger partial charge in [-0.1, -0.05) is 0 Å². The van der Waals surface area contributed by atoms with Crippen LogP contribution in [0.1, 0.15) is 18.5 Å². The monoisotopic (exact) mass is 183 g/mol. The third-order valence-corrected chi connectivity index (χ3v) is 1.48. The molecular weight excluding hydrogens is 174 g/mol. The second-order valence-electron chi connectivity index (χ2n) is 2.59. The van der Waals surface area contributed by atoms with E-state index in [4.69, 9.17) is 5.11 Å². The quantitative estimate of drug-likeness (QED) is 0.724. The Morgan fingerprint density at radius 1 is 1.46 bits per heavy atom. The molecule has 1 N–H and O–H groups in total. The highest BCUT2D eigenvalue weighted by molar-refractivity contribution is 5.83. The van der Waals surface area contributed by atoms with E-state index < -0.39 is 5.97 Å². The molecule has 0 bridgehead atoms. The van der Waals surface area contributed by atoms with E-state index in [0.29, 0.717) is 5.69 Å². The highest BCUT2D eigenvalue weighted by Crippen LogP contribution is 2.00. The van der Waals surface area contributed by atoms with Crippen molar-refractivity contribution in [1.29, 1.82) is 0 Å². The Balaban J connectivity index is 2.30. The lowest BCUT2D eigenvalue weighted by atomic mass is 10.1. The molecule has 0 aromatic carbocycles. The van der Waals surface area contributed by atoms with Crippen LogP contribution in [0.2, 0.25) is 0 Å². The lowest BCUT2D eigenvalue weighted by molar-refractivity contribution is -0.138. The molecule has 0 amide bonds. The summed E-state index contributed by atoms with van der Waals surface area (Å²) in [6.07, 6.45) is 2.67. The smallest absolute Gasteiger partial charge is 0.303 e. The maximum Gasteiger partial charge on any atom is 0.303 e. The van der Waals surface area contributed by atoms with Crippen LogP contribution in [0.5, 0.6) is 0 Å². The molecule has 5 heteroatoms. The van der Waals surface area contributed by atoms with E-state index >= 15 is 0 Å². The van der Waals surface area contributed by atoms with Gasteiger partial charge in [-0.3, -0.25) is 9.59 Å². The molecule has 5 nitrogen and oxygen atoms in total. The number of hydrogen-bond donors (Lipinski definition) is 1. The lowest BCUT2D eigenvalue weighted by Crippen LogP contribution is -2.06. The predicted molar refractivity (Wildman–Crippen MR) is 42.1 cm³/mol. The minimum absolute atomic E-state index is 0.0438. The van der Waals surface area contributed by atoms with Gasteiger partial charge in [0, 0.05) is 6.42 Å². The van der Waals surface area contributed by atoms with Gasteiger partial charge in [-0.2, -0.15) is 0 Å². The minimum Gasteiger partial charge on any atom is -0.481 e. The highest BCUT2D eigenvalue weighted by atomic mass is 16.4. The maximum atomic E-state index is 11.1. The van der Waals surface area contributed by atoms with Gasteiger partial charge in [-0.05, 0) is 0 Å². The zero-order chi connectivity index (χ0) is 9.68. The number of carbonyl (C=O) groups is 2. The number of oxazole rings is 1. The molecule has 0 saturated carbocycles. The van der Waals surface area contributed by atoms with Gasteiger partial charge >= 0.3 is 5.97 Å². The Morgan fingerprint density at radius 2 is 2.23 bits per heavy atom. The Labute approximate surface area is 74.4 Å². The van der Waals surface area contributed by atoms with E-state index in [1.807, 2.05) is 0 Å². The van der Waals surface area contributed by atoms with Crippen LogP contribution in [-0.2, 0) is 16.0 Å². The second-order valence-corrected chi connectivity index (χ2v) is 2.59. The molecule has 0 unspecified atom stereocenters. The Bertz CT molecular complexity index is 291. The van der Waals surface area contributed by atoms with E-state index in [0.717, 1.165) is 0 Å². The van der Waals surface area contributed by atoms with Crippen LogP contribution in [0, 0.1) is 0 Å². The van der Waals surface area contributed by atoms with Gasteiger partial charge in [0.15, 0.2) is 6.39 Å². The fourth-order valence-electron chi connectivity index (χ4n) is 0.862. The fourth-order valence-corrected chi connectivity index (χ4v) is 0.862. The number of rotatable bonds is 5. The van der Waals surface area contributed by atoms with Crippen LogP contribution >= 0.6 is 0 Å². The first-order valence-corrected chi connectivity index (χ1v) is 3.79. The molecule has 0 aliphatic carbocycles. The highest BCUT2D eigenvalue weighted by Gasteiger charge is 2.07. The van der Waals surface area contributed by atoms with Crippen LogP contribution in [0.3, 0.4) is 0 Å². The fraction of sp³-hybridized carbons (Fsp3) is 0.375. The van der Waals surface area contributed by atoms with Gasteiger partial charge in [0.1, 0.15) is 12.0 Å². The summed E-state index contributed by atoms with van der Waals surface area (Å²) in [5.41, 5.74) is 0.537. The molecular formula is C8H9NO4. The number of nitrogens with zero attached hydrogens (tertiary/aromatic N) is 1. The van der Waals surface area contributed by atoms with Crippen molar-refractivity contribution in [3.8, 4) is 0 Å². The maximum absolute atomic E-state index is 11.1. The van der Waals surface area contributed by atoms with Gasteiger partial charge in [0.05, 0.1) is 18.5 Å². The standard InChI is InChI=1S/C8H9NO4/c10-7(1-2-8(11)12)3-6-4-13-5-9-6/h4-5H,1-3H2,(H,11,12). The topological polar surface area (TPSA) is 80.4 Å². The molecule has 0 saturated heterocycles. The summed E-state index contributed by atoms with van der Waals surface area (Å²) < 4.78 is 4.66. The Hall–Kier alpha value is -1.65. The third kappa shape index (κ3) is 3.50. The molecule has 0 fully saturated rings. The molecule has 1 rings (SSSR count). The molecule has 0 aliphatic rings. The first-order valence-electron chi connectivity index (χ1n) is 3.79. The number of ketones is 1. The Kier molecular flexibility index (Phi) is 3.19. The summed E-state index contributed by atoms with van der Waals surface area (Å²) in [7, 11) is 0. The molecule has 1 heterocycles. The number of aromatic nitrogens is 1. The van der Waals surface area contributed by atoms with Gasteiger partial charge in [0.25, 0.3) is 0 Å². The number of Topliss-reactive ketones (excluding diaryl/α,β-unsaturated/α-hetero) is 1. The summed E-state index contributed by atoms with van der Waals surface area (Å²) in [5, 5.41) is 8.30. The first kappa shape index (κ1) is 9.44. The van der Waals surface area contributed by atoms with Crippen LogP contribution in [0.15, 0.2) is 17.1 Å². The average Bonchev–Trinajstić information content (AvgIpc) is 2.53. The molecule has 0 aliphatic heterocycles. The van der Waals surface area contributed by atoms with Crippen molar-refractivity contribution in [3.05, 3.63) is 18.4 Å². The molecule has 0 radical (unpaired) electrons. The predicted octanol–water partition coefficient (Wildman–Crippen LogP) is 0.651. The van der Waals surface area contributed by atoms with Gasteiger partial charge in [-0.25, -0.2) is 4.98 Å². The molecule has 70 valence electrons. The van der Waals surface area contributed by atoms with E-state index in [1.54, 1.807) is 0 Å². The van der Waals surface area contributed by atoms with Crippen LogP contribution in [0.4, 0.5) is 0 Å². The van der Waals surface area contributed by atoms with Crippen molar-refractivity contribution >= 4 is 11.8 Å². The zero-order valence-corrected chi connectivity index (χ0v) is 6.90. The largest absolute Gasteiger partial charge is 0.481 e. The number of carboxylic acid groups (broad SMARTS) is 1. The summed E-state index contributed by atoms with van der Waals surface area (Å²) >= 11 is 0. The number of carboxylic acids is 1. The summed E-state index contributed by atoms with van der Waals surface area (Å²) in [4.78, 5) is 24.9. The van der Waals surface area contributed by atoms with Crippen LogP contribution in [0.25, 0.3) is 0 Å². The lowest BCUT2D eigenvalue weighted by Gasteiger charge is -1.93. The SMILES string of the molecule is O=C(O)CCC(=O)Cc1cocn1. The van der Waals surface area contributed by atoms with Crippen molar-refractivity contribution in [2.24, 2.45) is 0 Å². The minimum atomic E-state index is -0.964.